The van der Waals surface area contributed by atoms with Crippen LogP contribution in [0.15, 0.2) is 18.2 Å². The number of unbranched alkanes of at least 4 members (excludes halogenated alkanes) is 1. The highest BCUT2D eigenvalue weighted by Gasteiger charge is 2.07. The molecule has 0 bridgehead atoms. The van der Waals surface area contributed by atoms with Crippen molar-refractivity contribution in [2.24, 2.45) is 0 Å². The van der Waals surface area contributed by atoms with Gasteiger partial charge < -0.3 is 5.32 Å². The Labute approximate surface area is 102 Å². The van der Waals surface area contributed by atoms with E-state index in [1.807, 2.05) is 6.07 Å². The lowest BCUT2D eigenvalue weighted by molar-refractivity contribution is 0.591. The van der Waals surface area contributed by atoms with E-state index in [0.717, 1.165) is 18.5 Å². The lowest BCUT2D eigenvalue weighted by Crippen LogP contribution is -2.18. The molecule has 0 spiro atoms. The molecule has 0 aromatic heterocycles. The van der Waals surface area contributed by atoms with Crippen LogP contribution in [0.5, 0.6) is 0 Å². The summed E-state index contributed by atoms with van der Waals surface area (Å²) in [7, 11) is 0. The Morgan fingerprint density at radius 2 is 2.12 bits per heavy atom. The first-order valence-corrected chi connectivity index (χ1v) is 6.26. The molecule has 0 aliphatic rings. The zero-order valence-electron chi connectivity index (χ0n) is 9.89. The fourth-order valence-corrected chi connectivity index (χ4v) is 1.77. The highest BCUT2D eigenvalue weighted by atomic mass is 35.5. The number of rotatable bonds is 6. The second kappa shape index (κ2) is 6.74. The molecule has 1 aromatic carbocycles. The van der Waals surface area contributed by atoms with Gasteiger partial charge in [0.1, 0.15) is 5.82 Å². The Morgan fingerprint density at radius 1 is 1.38 bits per heavy atom. The minimum absolute atomic E-state index is 0.173. The highest BCUT2D eigenvalue weighted by Crippen LogP contribution is 2.20. The van der Waals surface area contributed by atoms with Gasteiger partial charge in [-0.1, -0.05) is 38.3 Å². The summed E-state index contributed by atoms with van der Waals surface area (Å²) in [5.41, 5.74) is 0.810. The first kappa shape index (κ1) is 13.3. The summed E-state index contributed by atoms with van der Waals surface area (Å²) in [6.45, 7) is 4.31. The van der Waals surface area contributed by atoms with E-state index in [4.69, 9.17) is 11.6 Å². The summed E-state index contributed by atoms with van der Waals surface area (Å²) < 4.78 is 13.2. The number of halogens is 2. The van der Waals surface area contributed by atoms with Crippen molar-refractivity contribution in [3.8, 4) is 0 Å². The van der Waals surface area contributed by atoms with Crippen molar-refractivity contribution in [3.63, 3.8) is 0 Å². The standard InChI is InChI=1S/C13H19ClFN/c1-3-5-6-10(4-2)16-11-7-8-12(14)13(15)9-11/h7-10,16H,3-6H2,1-2H3. The molecule has 1 rings (SSSR count). The van der Waals surface area contributed by atoms with Crippen molar-refractivity contribution >= 4 is 17.3 Å². The number of nitrogens with one attached hydrogen (secondary N) is 1. The zero-order chi connectivity index (χ0) is 12.0. The summed E-state index contributed by atoms with van der Waals surface area (Å²) in [6, 6.07) is 5.28. The summed E-state index contributed by atoms with van der Waals surface area (Å²) in [5, 5.41) is 3.51. The lowest BCUT2D eigenvalue weighted by atomic mass is 10.1. The smallest absolute Gasteiger partial charge is 0.143 e. The molecule has 0 aliphatic carbocycles. The van der Waals surface area contributed by atoms with E-state index < -0.39 is 0 Å². The van der Waals surface area contributed by atoms with Crippen LogP contribution in [-0.4, -0.2) is 6.04 Å². The van der Waals surface area contributed by atoms with Crippen LogP contribution in [0.1, 0.15) is 39.5 Å². The zero-order valence-corrected chi connectivity index (χ0v) is 10.6. The van der Waals surface area contributed by atoms with Gasteiger partial charge in [0.15, 0.2) is 0 Å². The average Bonchev–Trinajstić information content (AvgIpc) is 2.29. The van der Waals surface area contributed by atoms with Crippen LogP contribution in [0, 0.1) is 5.82 Å². The van der Waals surface area contributed by atoms with Gasteiger partial charge in [0.2, 0.25) is 0 Å². The predicted molar refractivity (Wildman–Crippen MR) is 68.6 cm³/mol. The van der Waals surface area contributed by atoms with Gasteiger partial charge in [-0.05, 0) is 31.0 Å². The Kier molecular flexibility index (Phi) is 5.61. The summed E-state index contributed by atoms with van der Waals surface area (Å²) >= 11 is 5.63. The molecular formula is C13H19ClFN. The second-order valence-electron chi connectivity index (χ2n) is 4.02. The van der Waals surface area contributed by atoms with E-state index in [-0.39, 0.29) is 10.8 Å². The molecular weight excluding hydrogens is 225 g/mol. The van der Waals surface area contributed by atoms with Gasteiger partial charge >= 0.3 is 0 Å². The number of hydrogen-bond donors (Lipinski definition) is 1. The van der Waals surface area contributed by atoms with Crippen LogP contribution in [0.4, 0.5) is 10.1 Å². The fraction of sp³-hybridized carbons (Fsp3) is 0.538. The van der Waals surface area contributed by atoms with Crippen molar-refractivity contribution in [2.75, 3.05) is 5.32 Å². The van der Waals surface area contributed by atoms with Crippen molar-refractivity contribution in [1.29, 1.82) is 0 Å². The van der Waals surface area contributed by atoms with E-state index in [1.54, 1.807) is 6.07 Å². The fourth-order valence-electron chi connectivity index (χ4n) is 1.65. The third-order valence-corrected chi connectivity index (χ3v) is 3.00. The van der Waals surface area contributed by atoms with Crippen molar-refractivity contribution in [2.45, 2.75) is 45.6 Å². The largest absolute Gasteiger partial charge is 0.382 e. The molecule has 0 aliphatic heterocycles. The van der Waals surface area contributed by atoms with Crippen LogP contribution in [0.3, 0.4) is 0 Å². The summed E-state index contributed by atoms with van der Waals surface area (Å²) in [4.78, 5) is 0. The van der Waals surface area contributed by atoms with Crippen molar-refractivity contribution in [1.82, 2.24) is 0 Å². The molecule has 0 radical (unpaired) electrons. The van der Waals surface area contributed by atoms with Gasteiger partial charge in [-0.3, -0.25) is 0 Å². The maximum absolute atomic E-state index is 13.2. The Hall–Kier alpha value is -0.760. The van der Waals surface area contributed by atoms with Gasteiger partial charge in [-0.25, -0.2) is 4.39 Å². The Balaban J connectivity index is 2.59. The van der Waals surface area contributed by atoms with Crippen LogP contribution < -0.4 is 5.32 Å². The molecule has 0 saturated carbocycles. The molecule has 0 amide bonds. The molecule has 1 aromatic rings. The summed E-state index contributed by atoms with van der Waals surface area (Å²) in [6.07, 6.45) is 4.55. The third-order valence-electron chi connectivity index (χ3n) is 2.69. The molecule has 1 nitrogen and oxygen atoms in total. The maximum atomic E-state index is 13.2. The van der Waals surface area contributed by atoms with Gasteiger partial charge in [-0.15, -0.1) is 0 Å². The Morgan fingerprint density at radius 3 is 2.69 bits per heavy atom. The van der Waals surface area contributed by atoms with Crippen LogP contribution in [0.25, 0.3) is 0 Å². The molecule has 90 valence electrons. The minimum Gasteiger partial charge on any atom is -0.382 e. The highest BCUT2D eigenvalue weighted by molar-refractivity contribution is 6.30. The first-order valence-electron chi connectivity index (χ1n) is 5.89. The third kappa shape index (κ3) is 4.01. The minimum atomic E-state index is -0.364. The quantitative estimate of drug-likeness (QED) is 0.752. The van der Waals surface area contributed by atoms with Gasteiger partial charge in [0.25, 0.3) is 0 Å². The molecule has 1 unspecified atom stereocenters. The van der Waals surface area contributed by atoms with Crippen LogP contribution in [0.2, 0.25) is 5.02 Å². The molecule has 0 heterocycles. The van der Waals surface area contributed by atoms with Gasteiger partial charge in [0, 0.05) is 11.7 Å². The maximum Gasteiger partial charge on any atom is 0.143 e. The van der Waals surface area contributed by atoms with E-state index in [0.29, 0.717) is 6.04 Å². The topological polar surface area (TPSA) is 12.0 Å². The molecule has 16 heavy (non-hydrogen) atoms. The number of hydrogen-bond acceptors (Lipinski definition) is 1. The molecule has 0 saturated heterocycles. The summed E-state index contributed by atoms with van der Waals surface area (Å²) in [5.74, 6) is -0.364. The predicted octanol–water partition coefficient (Wildman–Crippen LogP) is 4.86. The molecule has 0 fully saturated rings. The Bertz CT molecular complexity index is 328. The van der Waals surface area contributed by atoms with Crippen LogP contribution in [-0.2, 0) is 0 Å². The number of anilines is 1. The molecule has 3 heteroatoms. The molecule has 1 N–H and O–H groups in total. The normalized spacial score (nSPS) is 12.5. The second-order valence-corrected chi connectivity index (χ2v) is 4.43. The van der Waals surface area contributed by atoms with E-state index in [1.165, 1.54) is 18.9 Å². The van der Waals surface area contributed by atoms with Crippen LogP contribution >= 0.6 is 11.6 Å². The lowest BCUT2D eigenvalue weighted by Gasteiger charge is -2.18. The van der Waals surface area contributed by atoms with Crippen molar-refractivity contribution in [3.05, 3.63) is 29.0 Å². The van der Waals surface area contributed by atoms with Gasteiger partial charge in [0.05, 0.1) is 5.02 Å². The van der Waals surface area contributed by atoms with E-state index in [2.05, 4.69) is 19.2 Å². The van der Waals surface area contributed by atoms with E-state index >= 15 is 0 Å². The average molecular weight is 244 g/mol. The van der Waals surface area contributed by atoms with Gasteiger partial charge in [-0.2, -0.15) is 0 Å². The SMILES string of the molecule is CCCCC(CC)Nc1ccc(Cl)c(F)c1. The first-order chi connectivity index (χ1) is 7.67. The monoisotopic (exact) mass is 243 g/mol. The van der Waals surface area contributed by atoms with E-state index in [9.17, 15) is 4.39 Å². The number of benzene rings is 1. The molecule has 1 atom stereocenters. The van der Waals surface area contributed by atoms with Crippen molar-refractivity contribution < 1.29 is 4.39 Å².